The van der Waals surface area contributed by atoms with Crippen LogP contribution in [-0.2, 0) is 4.74 Å². The van der Waals surface area contributed by atoms with Crippen molar-refractivity contribution in [3.8, 4) is 0 Å². The van der Waals surface area contributed by atoms with E-state index in [1.54, 1.807) is 0 Å². The molecule has 0 amide bonds. The molecule has 1 aliphatic rings. The van der Waals surface area contributed by atoms with Crippen molar-refractivity contribution in [3.63, 3.8) is 0 Å². The lowest BCUT2D eigenvalue weighted by atomic mass is 10.1. The highest BCUT2D eigenvalue weighted by Crippen LogP contribution is 2.27. The molecule has 0 saturated heterocycles. The van der Waals surface area contributed by atoms with Crippen LogP contribution in [0.15, 0.2) is 0 Å². The summed E-state index contributed by atoms with van der Waals surface area (Å²) in [5.41, 5.74) is 0. The maximum absolute atomic E-state index is 5.49. The first-order valence-corrected chi connectivity index (χ1v) is 6.11. The van der Waals surface area contributed by atoms with Gasteiger partial charge in [-0.25, -0.2) is 0 Å². The molecule has 1 aliphatic carbocycles. The molecule has 1 saturated carbocycles. The van der Waals surface area contributed by atoms with Gasteiger partial charge in [0.25, 0.3) is 0 Å². The number of nitrogens with one attached hydrogen (secondary N) is 1. The van der Waals surface area contributed by atoms with Gasteiger partial charge in [-0.1, -0.05) is 13.3 Å². The minimum Gasteiger partial charge on any atom is -0.377 e. The first-order valence-electron chi connectivity index (χ1n) is 6.11. The molecule has 0 aromatic heterocycles. The van der Waals surface area contributed by atoms with Crippen LogP contribution in [0.3, 0.4) is 0 Å². The first-order chi connectivity index (χ1) is 6.76. The molecule has 84 valence electrons. The van der Waals surface area contributed by atoms with E-state index < -0.39 is 0 Å². The minimum absolute atomic E-state index is 0.362. The SMILES string of the molecule is CCOC(C)CNC1CCC(CC)C1. The highest BCUT2D eigenvalue weighted by Gasteiger charge is 2.22. The van der Waals surface area contributed by atoms with Crippen LogP contribution in [0.2, 0.25) is 0 Å². The summed E-state index contributed by atoms with van der Waals surface area (Å²) in [4.78, 5) is 0. The first kappa shape index (κ1) is 12.0. The molecule has 0 aromatic rings. The molecule has 0 heterocycles. The van der Waals surface area contributed by atoms with E-state index in [9.17, 15) is 0 Å². The predicted molar refractivity (Wildman–Crippen MR) is 60.5 cm³/mol. The van der Waals surface area contributed by atoms with Gasteiger partial charge < -0.3 is 10.1 Å². The van der Waals surface area contributed by atoms with Crippen molar-refractivity contribution in [2.75, 3.05) is 13.2 Å². The van der Waals surface area contributed by atoms with E-state index in [4.69, 9.17) is 4.74 Å². The van der Waals surface area contributed by atoms with Gasteiger partial charge in [-0.3, -0.25) is 0 Å². The average Bonchev–Trinajstić information content (AvgIpc) is 2.63. The van der Waals surface area contributed by atoms with Crippen molar-refractivity contribution < 1.29 is 4.74 Å². The summed E-state index contributed by atoms with van der Waals surface area (Å²) in [5.74, 6) is 0.967. The van der Waals surface area contributed by atoms with E-state index in [0.29, 0.717) is 6.10 Å². The smallest absolute Gasteiger partial charge is 0.0671 e. The van der Waals surface area contributed by atoms with Gasteiger partial charge in [0.2, 0.25) is 0 Å². The van der Waals surface area contributed by atoms with E-state index in [0.717, 1.165) is 25.1 Å². The third-order valence-corrected chi connectivity index (χ3v) is 3.26. The van der Waals surface area contributed by atoms with Gasteiger partial charge in [0.1, 0.15) is 0 Å². The summed E-state index contributed by atoms with van der Waals surface area (Å²) >= 11 is 0. The van der Waals surface area contributed by atoms with Gasteiger partial charge in [0.05, 0.1) is 6.10 Å². The zero-order valence-corrected chi connectivity index (χ0v) is 9.88. The van der Waals surface area contributed by atoms with Crippen molar-refractivity contribution in [2.45, 2.75) is 58.6 Å². The lowest BCUT2D eigenvalue weighted by molar-refractivity contribution is 0.0740. The van der Waals surface area contributed by atoms with Gasteiger partial charge in [-0.05, 0) is 39.0 Å². The molecule has 0 bridgehead atoms. The van der Waals surface area contributed by atoms with Crippen molar-refractivity contribution in [2.24, 2.45) is 5.92 Å². The number of hydrogen-bond acceptors (Lipinski definition) is 2. The van der Waals surface area contributed by atoms with E-state index >= 15 is 0 Å². The Bertz CT molecular complexity index is 149. The van der Waals surface area contributed by atoms with Gasteiger partial charge in [0.15, 0.2) is 0 Å². The highest BCUT2D eigenvalue weighted by atomic mass is 16.5. The molecular formula is C12H25NO. The maximum Gasteiger partial charge on any atom is 0.0671 e. The highest BCUT2D eigenvalue weighted by molar-refractivity contribution is 4.80. The Morgan fingerprint density at radius 1 is 1.36 bits per heavy atom. The molecule has 0 radical (unpaired) electrons. The largest absolute Gasteiger partial charge is 0.377 e. The Balaban J connectivity index is 2.07. The molecule has 0 aromatic carbocycles. The molecular weight excluding hydrogens is 174 g/mol. The lowest BCUT2D eigenvalue weighted by Crippen LogP contribution is -2.34. The van der Waals surface area contributed by atoms with E-state index in [-0.39, 0.29) is 0 Å². The van der Waals surface area contributed by atoms with Gasteiger partial charge in [-0.2, -0.15) is 0 Å². The van der Waals surface area contributed by atoms with Crippen LogP contribution >= 0.6 is 0 Å². The summed E-state index contributed by atoms with van der Waals surface area (Å²) < 4.78 is 5.49. The molecule has 1 N–H and O–H groups in total. The monoisotopic (exact) mass is 199 g/mol. The molecule has 3 unspecified atom stereocenters. The topological polar surface area (TPSA) is 21.3 Å². The van der Waals surface area contributed by atoms with Gasteiger partial charge in [-0.15, -0.1) is 0 Å². The fourth-order valence-corrected chi connectivity index (χ4v) is 2.31. The van der Waals surface area contributed by atoms with Gasteiger partial charge in [0, 0.05) is 19.2 Å². The molecule has 1 fully saturated rings. The van der Waals surface area contributed by atoms with Crippen molar-refractivity contribution >= 4 is 0 Å². The van der Waals surface area contributed by atoms with Crippen LogP contribution in [-0.4, -0.2) is 25.3 Å². The second kappa shape index (κ2) is 6.41. The summed E-state index contributed by atoms with van der Waals surface area (Å²) in [6, 6.07) is 0.753. The van der Waals surface area contributed by atoms with Crippen LogP contribution < -0.4 is 5.32 Å². The maximum atomic E-state index is 5.49. The number of rotatable bonds is 6. The van der Waals surface area contributed by atoms with Crippen LogP contribution in [0, 0.1) is 5.92 Å². The molecule has 0 spiro atoms. The lowest BCUT2D eigenvalue weighted by Gasteiger charge is -2.17. The third-order valence-electron chi connectivity index (χ3n) is 3.26. The third kappa shape index (κ3) is 3.97. The fraction of sp³-hybridized carbons (Fsp3) is 1.00. The normalized spacial score (nSPS) is 29.4. The van der Waals surface area contributed by atoms with Crippen LogP contribution in [0.25, 0.3) is 0 Å². The zero-order valence-electron chi connectivity index (χ0n) is 9.88. The van der Waals surface area contributed by atoms with Crippen molar-refractivity contribution in [1.82, 2.24) is 5.32 Å². The average molecular weight is 199 g/mol. The summed E-state index contributed by atoms with van der Waals surface area (Å²) in [5, 5.41) is 3.61. The molecule has 0 aliphatic heterocycles. The summed E-state index contributed by atoms with van der Waals surface area (Å²) in [7, 11) is 0. The second-order valence-electron chi connectivity index (χ2n) is 4.46. The van der Waals surface area contributed by atoms with Gasteiger partial charge >= 0.3 is 0 Å². The minimum atomic E-state index is 0.362. The Morgan fingerprint density at radius 3 is 2.71 bits per heavy atom. The van der Waals surface area contributed by atoms with E-state index in [1.807, 2.05) is 0 Å². The Labute approximate surface area is 88.4 Å². The van der Waals surface area contributed by atoms with Crippen LogP contribution in [0.1, 0.15) is 46.5 Å². The Kier molecular flexibility index (Phi) is 5.49. The Hall–Kier alpha value is -0.0800. The molecule has 1 rings (SSSR count). The Morgan fingerprint density at radius 2 is 2.14 bits per heavy atom. The fourth-order valence-electron chi connectivity index (χ4n) is 2.31. The zero-order chi connectivity index (χ0) is 10.4. The van der Waals surface area contributed by atoms with Crippen molar-refractivity contribution in [1.29, 1.82) is 0 Å². The van der Waals surface area contributed by atoms with Crippen LogP contribution in [0.4, 0.5) is 0 Å². The molecule has 3 atom stereocenters. The molecule has 14 heavy (non-hydrogen) atoms. The van der Waals surface area contributed by atoms with E-state index in [1.165, 1.54) is 25.7 Å². The molecule has 2 nitrogen and oxygen atoms in total. The summed E-state index contributed by atoms with van der Waals surface area (Å²) in [6.07, 6.45) is 5.85. The number of ether oxygens (including phenoxy) is 1. The second-order valence-corrected chi connectivity index (χ2v) is 4.46. The van der Waals surface area contributed by atoms with Crippen LogP contribution in [0.5, 0.6) is 0 Å². The number of hydrogen-bond donors (Lipinski definition) is 1. The summed E-state index contributed by atoms with van der Waals surface area (Å²) in [6.45, 7) is 8.33. The molecule has 2 heteroatoms. The predicted octanol–water partition coefficient (Wildman–Crippen LogP) is 2.58. The quantitative estimate of drug-likeness (QED) is 0.710. The standard InChI is InChI=1S/C12H25NO/c1-4-11-6-7-12(8-11)13-9-10(3)14-5-2/h10-13H,4-9H2,1-3H3. The van der Waals surface area contributed by atoms with Crippen molar-refractivity contribution in [3.05, 3.63) is 0 Å². The van der Waals surface area contributed by atoms with E-state index in [2.05, 4.69) is 26.1 Å².